The van der Waals surface area contributed by atoms with Crippen LogP contribution in [0.25, 0.3) is 0 Å². The molecule has 1 amide bonds. The summed E-state index contributed by atoms with van der Waals surface area (Å²) in [7, 11) is 0. The second kappa shape index (κ2) is 8.53. The van der Waals surface area contributed by atoms with Gasteiger partial charge in [0.1, 0.15) is 12.4 Å². The van der Waals surface area contributed by atoms with Crippen LogP contribution in [0.3, 0.4) is 0 Å². The van der Waals surface area contributed by atoms with Gasteiger partial charge in [0.05, 0.1) is 18.1 Å². The van der Waals surface area contributed by atoms with Crippen LogP contribution in [0.2, 0.25) is 0 Å². The van der Waals surface area contributed by atoms with Gasteiger partial charge in [0, 0.05) is 11.6 Å². The van der Waals surface area contributed by atoms with Crippen LogP contribution in [-0.2, 0) is 12.8 Å². The lowest BCUT2D eigenvalue weighted by Crippen LogP contribution is -2.28. The highest BCUT2D eigenvalue weighted by atomic mass is 16.6. The fourth-order valence-corrected chi connectivity index (χ4v) is 3.15. The normalized spacial score (nSPS) is 12.3. The third kappa shape index (κ3) is 4.55. The van der Waals surface area contributed by atoms with Gasteiger partial charge in [0.15, 0.2) is 5.75 Å². The van der Waals surface area contributed by atoms with Crippen molar-refractivity contribution in [3.63, 3.8) is 0 Å². The highest BCUT2D eigenvalue weighted by Gasteiger charge is 2.18. The van der Waals surface area contributed by atoms with E-state index < -0.39 is 10.8 Å². The molecule has 0 radical (unpaired) electrons. The summed E-state index contributed by atoms with van der Waals surface area (Å²) in [5, 5.41) is 13.9. The molecular formula is C20H22N2O5. The van der Waals surface area contributed by atoms with Gasteiger partial charge >= 0.3 is 5.69 Å². The number of amides is 1. The lowest BCUT2D eigenvalue weighted by atomic mass is 10.1. The first-order valence-electron chi connectivity index (χ1n) is 9.02. The molecule has 0 bridgehead atoms. The molecule has 27 heavy (non-hydrogen) atoms. The number of ether oxygens (including phenoxy) is 2. The maximum atomic E-state index is 12.2. The Balaban J connectivity index is 1.53. The van der Waals surface area contributed by atoms with Gasteiger partial charge in [-0.1, -0.05) is 6.07 Å². The minimum atomic E-state index is -0.557. The summed E-state index contributed by atoms with van der Waals surface area (Å²) < 4.78 is 10.9. The fraction of sp³-hybridized carbons (Fsp3) is 0.350. The number of hydrogen-bond donors (Lipinski definition) is 1. The number of benzene rings is 2. The molecule has 1 aliphatic rings. The van der Waals surface area contributed by atoms with E-state index in [4.69, 9.17) is 9.47 Å². The van der Waals surface area contributed by atoms with Crippen molar-refractivity contribution in [3.8, 4) is 11.5 Å². The number of rotatable bonds is 8. The number of fused-ring (bicyclic) bond motifs is 1. The molecule has 7 nitrogen and oxygen atoms in total. The summed E-state index contributed by atoms with van der Waals surface area (Å²) in [6.45, 7) is 2.68. The van der Waals surface area contributed by atoms with Crippen molar-refractivity contribution in [2.45, 2.75) is 26.2 Å². The SMILES string of the molecule is CCOc1ccc(C(=O)NCCOc2ccc3c(c2)CCC3)cc1[N+](=O)[O-]. The van der Waals surface area contributed by atoms with Crippen molar-refractivity contribution < 1.29 is 19.2 Å². The minimum absolute atomic E-state index is 0.152. The number of aryl methyl sites for hydroxylation is 2. The highest BCUT2D eigenvalue weighted by molar-refractivity contribution is 5.95. The van der Waals surface area contributed by atoms with E-state index in [-0.39, 0.29) is 17.0 Å². The van der Waals surface area contributed by atoms with Crippen LogP contribution in [0.15, 0.2) is 36.4 Å². The number of nitro groups is 1. The van der Waals surface area contributed by atoms with Crippen molar-refractivity contribution in [1.82, 2.24) is 5.32 Å². The molecule has 3 rings (SSSR count). The second-order valence-electron chi connectivity index (χ2n) is 6.26. The summed E-state index contributed by atoms with van der Waals surface area (Å²) >= 11 is 0. The molecule has 0 heterocycles. The number of nitrogens with zero attached hydrogens (tertiary/aromatic N) is 1. The van der Waals surface area contributed by atoms with Gasteiger partial charge < -0.3 is 14.8 Å². The van der Waals surface area contributed by atoms with E-state index in [1.165, 1.54) is 35.7 Å². The topological polar surface area (TPSA) is 90.7 Å². The van der Waals surface area contributed by atoms with Gasteiger partial charge in [-0.3, -0.25) is 14.9 Å². The van der Waals surface area contributed by atoms with Crippen LogP contribution in [0.4, 0.5) is 5.69 Å². The third-order valence-electron chi connectivity index (χ3n) is 4.44. The van der Waals surface area contributed by atoms with E-state index in [1.54, 1.807) is 6.92 Å². The Kier molecular flexibility index (Phi) is 5.90. The van der Waals surface area contributed by atoms with Crippen LogP contribution in [0, 0.1) is 10.1 Å². The first-order chi connectivity index (χ1) is 13.1. The highest BCUT2D eigenvalue weighted by Crippen LogP contribution is 2.28. The Morgan fingerprint density at radius 3 is 2.74 bits per heavy atom. The summed E-state index contributed by atoms with van der Waals surface area (Å²) in [6.07, 6.45) is 3.39. The van der Waals surface area contributed by atoms with E-state index >= 15 is 0 Å². The zero-order valence-corrected chi connectivity index (χ0v) is 15.2. The molecule has 0 fully saturated rings. The predicted octanol–water partition coefficient (Wildman–Crippen LogP) is 3.29. The van der Waals surface area contributed by atoms with Crippen molar-refractivity contribution in [3.05, 3.63) is 63.2 Å². The lowest BCUT2D eigenvalue weighted by Gasteiger charge is -2.10. The van der Waals surface area contributed by atoms with Gasteiger partial charge in [0.25, 0.3) is 5.91 Å². The van der Waals surface area contributed by atoms with E-state index in [2.05, 4.69) is 17.4 Å². The van der Waals surface area contributed by atoms with Crippen molar-refractivity contribution in [2.24, 2.45) is 0 Å². The van der Waals surface area contributed by atoms with Gasteiger partial charge in [-0.05, 0) is 61.6 Å². The molecule has 0 aliphatic heterocycles. The summed E-state index contributed by atoms with van der Waals surface area (Å²) in [5.41, 5.74) is 2.70. The predicted molar refractivity (Wildman–Crippen MR) is 101 cm³/mol. The van der Waals surface area contributed by atoms with E-state index in [1.807, 2.05) is 6.07 Å². The molecule has 2 aromatic rings. The number of nitrogens with one attached hydrogen (secondary N) is 1. The summed E-state index contributed by atoms with van der Waals surface area (Å²) in [5.74, 6) is 0.555. The monoisotopic (exact) mass is 370 g/mol. The minimum Gasteiger partial charge on any atom is -0.492 e. The average Bonchev–Trinajstić information content (AvgIpc) is 3.13. The third-order valence-corrected chi connectivity index (χ3v) is 4.44. The van der Waals surface area contributed by atoms with Crippen molar-refractivity contribution in [2.75, 3.05) is 19.8 Å². The number of carbonyl (C=O) groups is 1. The molecule has 142 valence electrons. The first-order valence-corrected chi connectivity index (χ1v) is 9.02. The van der Waals surface area contributed by atoms with Gasteiger partial charge in [0.2, 0.25) is 0 Å². The van der Waals surface area contributed by atoms with Crippen LogP contribution >= 0.6 is 0 Å². The lowest BCUT2D eigenvalue weighted by molar-refractivity contribution is -0.385. The second-order valence-corrected chi connectivity index (χ2v) is 6.26. The quantitative estimate of drug-likeness (QED) is 0.437. The molecule has 1 N–H and O–H groups in total. The first kappa shape index (κ1) is 18.7. The molecule has 0 aromatic heterocycles. The van der Waals surface area contributed by atoms with E-state index in [9.17, 15) is 14.9 Å². The molecular weight excluding hydrogens is 348 g/mol. The Hall–Kier alpha value is -3.09. The van der Waals surface area contributed by atoms with E-state index in [0.717, 1.165) is 18.6 Å². The number of hydrogen-bond acceptors (Lipinski definition) is 5. The Morgan fingerprint density at radius 1 is 1.15 bits per heavy atom. The average molecular weight is 370 g/mol. The van der Waals surface area contributed by atoms with E-state index in [0.29, 0.717) is 19.8 Å². The van der Waals surface area contributed by atoms with Gasteiger partial charge in [-0.15, -0.1) is 0 Å². The van der Waals surface area contributed by atoms with Crippen molar-refractivity contribution in [1.29, 1.82) is 0 Å². The van der Waals surface area contributed by atoms with Crippen LogP contribution in [0.1, 0.15) is 34.8 Å². The summed E-state index contributed by atoms with van der Waals surface area (Å²) in [4.78, 5) is 22.8. The summed E-state index contributed by atoms with van der Waals surface area (Å²) in [6, 6.07) is 10.3. The standard InChI is InChI=1S/C20H22N2O5/c1-2-26-19-9-7-16(13-18(19)22(24)25)20(23)21-10-11-27-17-8-6-14-4-3-5-15(14)12-17/h6-9,12-13H,2-5,10-11H2,1H3,(H,21,23). The van der Waals surface area contributed by atoms with Gasteiger partial charge in [-0.2, -0.15) is 0 Å². The molecule has 2 aromatic carbocycles. The Labute approximate surface area is 157 Å². The maximum absolute atomic E-state index is 12.2. The number of nitro benzene ring substituents is 1. The fourth-order valence-electron chi connectivity index (χ4n) is 3.15. The maximum Gasteiger partial charge on any atom is 0.311 e. The largest absolute Gasteiger partial charge is 0.492 e. The molecule has 7 heteroatoms. The molecule has 0 saturated carbocycles. The molecule has 0 saturated heterocycles. The molecule has 1 aliphatic carbocycles. The molecule has 0 unspecified atom stereocenters. The molecule has 0 spiro atoms. The molecule has 0 atom stereocenters. The van der Waals surface area contributed by atoms with Crippen molar-refractivity contribution >= 4 is 11.6 Å². The Morgan fingerprint density at radius 2 is 1.96 bits per heavy atom. The zero-order chi connectivity index (χ0) is 19.2. The zero-order valence-electron chi connectivity index (χ0n) is 15.2. The van der Waals surface area contributed by atoms with Gasteiger partial charge in [-0.25, -0.2) is 0 Å². The van der Waals surface area contributed by atoms with Crippen LogP contribution in [-0.4, -0.2) is 30.6 Å². The number of carbonyl (C=O) groups excluding carboxylic acids is 1. The van der Waals surface area contributed by atoms with Crippen LogP contribution < -0.4 is 14.8 Å². The smallest absolute Gasteiger partial charge is 0.311 e. The van der Waals surface area contributed by atoms with Crippen LogP contribution in [0.5, 0.6) is 11.5 Å². The Bertz CT molecular complexity index is 850.